The van der Waals surface area contributed by atoms with Gasteiger partial charge >= 0.3 is 0 Å². The first kappa shape index (κ1) is 20.7. The predicted molar refractivity (Wildman–Crippen MR) is 125 cm³/mol. The number of hydrogen-bond acceptors (Lipinski definition) is 4. The number of carbonyl (C=O) groups excluding carboxylic acids is 1. The zero-order chi connectivity index (χ0) is 20.8. The molecule has 2 aliphatic heterocycles. The zero-order valence-corrected chi connectivity index (χ0v) is 18.1. The normalized spacial score (nSPS) is 16.9. The van der Waals surface area contributed by atoms with E-state index in [1.165, 1.54) is 49.0 Å². The first-order valence-electron chi connectivity index (χ1n) is 11.4. The van der Waals surface area contributed by atoms with E-state index in [1.54, 1.807) is 0 Å². The van der Waals surface area contributed by atoms with Crippen molar-refractivity contribution in [2.45, 2.75) is 38.6 Å². The molecule has 0 atom stereocenters. The highest BCUT2D eigenvalue weighted by Gasteiger charge is 2.16. The van der Waals surface area contributed by atoms with Crippen molar-refractivity contribution in [1.82, 2.24) is 4.90 Å². The minimum Gasteiger partial charge on any atom is -0.372 e. The molecule has 0 aromatic heterocycles. The van der Waals surface area contributed by atoms with Crippen LogP contribution in [0, 0.1) is 0 Å². The first-order valence-corrected chi connectivity index (χ1v) is 11.4. The van der Waals surface area contributed by atoms with E-state index in [-0.39, 0.29) is 5.91 Å². The van der Waals surface area contributed by atoms with Gasteiger partial charge < -0.3 is 15.1 Å². The average Bonchev–Trinajstić information content (AvgIpc) is 3.30. The van der Waals surface area contributed by atoms with Gasteiger partial charge in [0, 0.05) is 49.8 Å². The van der Waals surface area contributed by atoms with E-state index in [9.17, 15) is 4.79 Å². The summed E-state index contributed by atoms with van der Waals surface area (Å²) in [5.74, 6) is 0.0295. The topological polar surface area (TPSA) is 38.8 Å². The number of rotatable bonds is 7. The fraction of sp³-hybridized carbons (Fsp3) is 0.480. The Morgan fingerprint density at radius 2 is 1.50 bits per heavy atom. The molecule has 0 radical (unpaired) electrons. The molecule has 0 aliphatic carbocycles. The van der Waals surface area contributed by atoms with E-state index in [0.717, 1.165) is 38.4 Å². The van der Waals surface area contributed by atoms with Crippen molar-refractivity contribution in [3.8, 4) is 0 Å². The van der Waals surface area contributed by atoms with E-state index in [4.69, 9.17) is 0 Å². The second kappa shape index (κ2) is 9.98. The number of para-hydroxylation sites is 1. The van der Waals surface area contributed by atoms with Crippen molar-refractivity contribution >= 4 is 23.0 Å². The lowest BCUT2D eigenvalue weighted by atomic mass is 10.1. The van der Waals surface area contributed by atoms with Gasteiger partial charge in [-0.25, -0.2) is 0 Å². The maximum absolute atomic E-state index is 12.6. The number of benzene rings is 2. The third kappa shape index (κ3) is 5.33. The number of nitrogens with one attached hydrogen (secondary N) is 1. The third-order valence-corrected chi connectivity index (χ3v) is 6.16. The molecule has 160 valence electrons. The molecule has 1 N–H and O–H groups in total. The van der Waals surface area contributed by atoms with Crippen molar-refractivity contribution in [3.63, 3.8) is 0 Å². The van der Waals surface area contributed by atoms with Crippen molar-refractivity contribution in [1.29, 1.82) is 0 Å². The van der Waals surface area contributed by atoms with Crippen LogP contribution < -0.4 is 15.1 Å². The van der Waals surface area contributed by atoms with Crippen LogP contribution >= 0.6 is 0 Å². The molecular formula is C25H34N4O. The summed E-state index contributed by atoms with van der Waals surface area (Å²) in [6.07, 6.45) is 6.40. The molecule has 5 nitrogen and oxygen atoms in total. The highest BCUT2D eigenvalue weighted by Crippen LogP contribution is 2.25. The summed E-state index contributed by atoms with van der Waals surface area (Å²) >= 11 is 0. The summed E-state index contributed by atoms with van der Waals surface area (Å²) in [5, 5.41) is 3.04. The first-order chi connectivity index (χ1) is 14.7. The smallest absolute Gasteiger partial charge is 0.238 e. The van der Waals surface area contributed by atoms with Gasteiger partial charge in [0.05, 0.1) is 6.54 Å². The van der Waals surface area contributed by atoms with Crippen LogP contribution in [-0.2, 0) is 11.3 Å². The Kier molecular flexibility index (Phi) is 6.90. The number of carbonyl (C=O) groups is 1. The number of likely N-dealkylation sites (N-methyl/N-ethyl adjacent to an activating group) is 1. The molecule has 2 fully saturated rings. The standard InChI is InChI=1S/C25H34N4O/c1-27(19-21-9-3-4-10-24(21)29-17-5-2-6-18-29)20-25(30)26-22-11-13-23(14-12-22)28-15-7-8-16-28/h3-4,9-14H,2,5-8,15-20H2,1H3,(H,26,30). The molecule has 0 spiro atoms. The van der Waals surface area contributed by atoms with Crippen LogP contribution in [0.2, 0.25) is 0 Å². The quantitative estimate of drug-likeness (QED) is 0.742. The number of nitrogens with zero attached hydrogens (tertiary/aromatic N) is 3. The third-order valence-electron chi connectivity index (χ3n) is 6.16. The summed E-state index contributed by atoms with van der Waals surface area (Å²) < 4.78 is 0. The predicted octanol–water partition coefficient (Wildman–Crippen LogP) is 4.35. The Bertz CT molecular complexity index is 823. The van der Waals surface area contributed by atoms with Crippen LogP contribution in [0.15, 0.2) is 48.5 Å². The van der Waals surface area contributed by atoms with Crippen molar-refractivity contribution in [2.24, 2.45) is 0 Å². The van der Waals surface area contributed by atoms with Crippen molar-refractivity contribution < 1.29 is 4.79 Å². The Morgan fingerprint density at radius 3 is 2.23 bits per heavy atom. The summed E-state index contributed by atoms with van der Waals surface area (Å²) in [5.41, 5.74) is 4.73. The molecule has 0 saturated carbocycles. The van der Waals surface area contributed by atoms with Gasteiger partial charge in [0.15, 0.2) is 0 Å². The van der Waals surface area contributed by atoms with Crippen LogP contribution in [0.25, 0.3) is 0 Å². The molecule has 30 heavy (non-hydrogen) atoms. The van der Waals surface area contributed by atoms with Gasteiger partial charge in [-0.05, 0) is 75.0 Å². The molecule has 0 bridgehead atoms. The summed E-state index contributed by atoms with van der Waals surface area (Å²) in [6, 6.07) is 16.9. The Morgan fingerprint density at radius 1 is 0.867 bits per heavy atom. The van der Waals surface area contributed by atoms with Gasteiger partial charge in [0.25, 0.3) is 0 Å². The van der Waals surface area contributed by atoms with Gasteiger partial charge in [-0.3, -0.25) is 9.69 Å². The van der Waals surface area contributed by atoms with Crippen LogP contribution in [0.5, 0.6) is 0 Å². The van der Waals surface area contributed by atoms with Crippen molar-refractivity contribution in [2.75, 3.05) is 54.9 Å². The lowest BCUT2D eigenvalue weighted by molar-refractivity contribution is -0.117. The molecule has 2 saturated heterocycles. The highest BCUT2D eigenvalue weighted by atomic mass is 16.2. The number of amides is 1. The lowest BCUT2D eigenvalue weighted by Crippen LogP contribution is -2.33. The molecule has 1 amide bonds. The molecule has 5 heteroatoms. The van der Waals surface area contributed by atoms with E-state index >= 15 is 0 Å². The molecule has 2 heterocycles. The molecule has 2 aromatic carbocycles. The van der Waals surface area contributed by atoms with Crippen LogP contribution in [0.4, 0.5) is 17.1 Å². The second-order valence-electron chi connectivity index (χ2n) is 8.64. The number of piperidine rings is 1. The maximum Gasteiger partial charge on any atom is 0.238 e. The monoisotopic (exact) mass is 406 g/mol. The van der Waals surface area contributed by atoms with Crippen LogP contribution in [0.1, 0.15) is 37.7 Å². The van der Waals surface area contributed by atoms with E-state index in [0.29, 0.717) is 6.54 Å². The van der Waals surface area contributed by atoms with E-state index < -0.39 is 0 Å². The lowest BCUT2D eigenvalue weighted by Gasteiger charge is -2.31. The minimum atomic E-state index is 0.0295. The molecular weight excluding hydrogens is 372 g/mol. The molecule has 2 aromatic rings. The minimum absolute atomic E-state index is 0.0295. The van der Waals surface area contributed by atoms with Crippen LogP contribution in [-0.4, -0.2) is 50.6 Å². The number of hydrogen-bond donors (Lipinski definition) is 1. The average molecular weight is 407 g/mol. The van der Waals surface area contributed by atoms with E-state index in [2.05, 4.69) is 56.4 Å². The van der Waals surface area contributed by atoms with Gasteiger partial charge in [0.1, 0.15) is 0 Å². The number of anilines is 3. The largest absolute Gasteiger partial charge is 0.372 e. The van der Waals surface area contributed by atoms with Gasteiger partial charge in [0.2, 0.25) is 5.91 Å². The Hall–Kier alpha value is -2.53. The summed E-state index contributed by atoms with van der Waals surface area (Å²) in [4.78, 5) is 19.6. The van der Waals surface area contributed by atoms with Gasteiger partial charge in [-0.1, -0.05) is 18.2 Å². The van der Waals surface area contributed by atoms with Crippen molar-refractivity contribution in [3.05, 3.63) is 54.1 Å². The van der Waals surface area contributed by atoms with E-state index in [1.807, 2.05) is 19.2 Å². The molecule has 4 rings (SSSR count). The highest BCUT2D eigenvalue weighted by molar-refractivity contribution is 5.92. The maximum atomic E-state index is 12.6. The Balaban J connectivity index is 1.31. The second-order valence-corrected chi connectivity index (χ2v) is 8.64. The summed E-state index contributed by atoms with van der Waals surface area (Å²) in [6.45, 7) is 5.68. The molecule has 0 unspecified atom stereocenters. The van der Waals surface area contributed by atoms with Gasteiger partial charge in [-0.2, -0.15) is 0 Å². The summed E-state index contributed by atoms with van der Waals surface area (Å²) in [7, 11) is 2.02. The Labute approximate surface area is 180 Å². The van der Waals surface area contributed by atoms with Crippen LogP contribution in [0.3, 0.4) is 0 Å². The fourth-order valence-corrected chi connectivity index (χ4v) is 4.61. The SMILES string of the molecule is CN(CC(=O)Nc1ccc(N2CCCC2)cc1)Cc1ccccc1N1CCCCC1. The molecule has 2 aliphatic rings. The fourth-order valence-electron chi connectivity index (χ4n) is 4.61. The zero-order valence-electron chi connectivity index (χ0n) is 18.1. The van der Waals surface area contributed by atoms with Gasteiger partial charge in [-0.15, -0.1) is 0 Å².